The number of Topliss-reactive ketones (excluding diaryl/α,β-unsaturated/α-hetero) is 1. The molecule has 356 valence electrons. The van der Waals surface area contributed by atoms with Gasteiger partial charge >= 0.3 is 0 Å². The van der Waals surface area contributed by atoms with Gasteiger partial charge in [0.15, 0.2) is 5.78 Å². The monoisotopic (exact) mass is 922 g/mol. The number of aryl methyl sites for hydroxylation is 2. The Labute approximate surface area is 397 Å². The normalized spacial score (nSPS) is 21.0. The predicted octanol–water partition coefficient (Wildman–Crippen LogP) is 8.07. The molecule has 2 saturated heterocycles. The van der Waals surface area contributed by atoms with E-state index in [0.29, 0.717) is 48.6 Å². The Morgan fingerprint density at radius 1 is 0.912 bits per heavy atom. The van der Waals surface area contributed by atoms with E-state index in [1.54, 1.807) is 37.2 Å². The van der Waals surface area contributed by atoms with Gasteiger partial charge in [0.05, 0.1) is 24.0 Å². The fraction of sp³-hybridized carbons (Fsp3) is 0.426. The number of ether oxygens (including phenoxy) is 1. The first-order chi connectivity index (χ1) is 32.9. The Bertz CT molecular complexity index is 2800. The zero-order valence-electron chi connectivity index (χ0n) is 39.9. The average Bonchev–Trinajstić information content (AvgIpc) is 3.34. The number of rotatable bonds is 13. The number of hydrogen-bond acceptors (Lipinski definition) is 11. The second-order valence-electron chi connectivity index (χ2n) is 19.1. The van der Waals surface area contributed by atoms with Crippen LogP contribution in [0.3, 0.4) is 0 Å². The number of methoxy groups -OCH3 is 1. The number of ketones is 1. The summed E-state index contributed by atoms with van der Waals surface area (Å²) in [7, 11) is 3.41. The average molecular weight is 923 g/mol. The number of piperazine rings is 1. The Morgan fingerprint density at radius 2 is 1.71 bits per heavy atom. The maximum atomic E-state index is 16.1. The number of nitrogens with zero attached hydrogens (tertiary/aromatic N) is 5. The van der Waals surface area contributed by atoms with Crippen LogP contribution in [-0.2, 0) is 9.59 Å². The molecule has 1 saturated carbocycles. The molecule has 1 unspecified atom stereocenters. The van der Waals surface area contributed by atoms with Crippen LogP contribution in [0, 0.1) is 31.5 Å². The molecule has 0 spiro atoms. The zero-order chi connectivity index (χ0) is 47.6. The van der Waals surface area contributed by atoms with Crippen molar-refractivity contribution in [2.75, 3.05) is 75.5 Å². The van der Waals surface area contributed by atoms with Crippen molar-refractivity contribution in [1.29, 1.82) is 0 Å². The lowest BCUT2D eigenvalue weighted by molar-refractivity contribution is -0.133. The lowest BCUT2D eigenvalue weighted by atomic mass is 9.78. The first kappa shape index (κ1) is 46.7. The van der Waals surface area contributed by atoms with Crippen LogP contribution in [0.2, 0.25) is 0 Å². The molecule has 4 aliphatic rings. The number of anilines is 3. The standard InChI is InChI=1S/C54H63FN8O5/c1-33-27-47-43(48(14-18-57-47)63-21-17-40(56-4)29-51(63)65)31-42(33)35(3)61-19-15-37(16-20-61)52-34(2)26-39(28-44(52)55)53(66)38-8-6-36(7-9-38)32-60-22-24-62(25-23-60)41-10-11-45(49(30-41)68-5)58-46-12-13-50(64)59-54(46)67/h10-11,14-15,17-18,21,26-31,35-36,38,46,56,58H,6-9,12-13,16,19-20,22-25,32H2,1-5H3,(H,59,64,67)/t35?,36?,38?,46-/m1/s1. The van der Waals surface area contributed by atoms with Crippen molar-refractivity contribution in [1.82, 2.24) is 24.7 Å². The minimum atomic E-state index is -0.482. The molecule has 3 fully saturated rings. The summed E-state index contributed by atoms with van der Waals surface area (Å²) in [5.74, 6) is 0.265. The van der Waals surface area contributed by atoms with Crippen LogP contribution in [0.15, 0.2) is 83.9 Å². The van der Waals surface area contributed by atoms with E-state index in [4.69, 9.17) is 4.74 Å². The number of amides is 2. The third-order valence-corrected chi connectivity index (χ3v) is 14.9. The number of nitrogens with one attached hydrogen (secondary N) is 3. The van der Waals surface area contributed by atoms with Crippen LogP contribution in [-0.4, -0.2) is 103 Å². The summed E-state index contributed by atoms with van der Waals surface area (Å²) < 4.78 is 23.5. The molecule has 3 aliphatic heterocycles. The number of pyridine rings is 2. The molecule has 5 aromatic rings. The lowest BCUT2D eigenvalue weighted by Gasteiger charge is -2.39. The van der Waals surface area contributed by atoms with Gasteiger partial charge in [-0.3, -0.25) is 43.8 Å². The fourth-order valence-corrected chi connectivity index (χ4v) is 11.0. The number of imide groups is 1. The predicted molar refractivity (Wildman–Crippen MR) is 267 cm³/mol. The van der Waals surface area contributed by atoms with Crippen LogP contribution >= 0.6 is 0 Å². The van der Waals surface area contributed by atoms with E-state index < -0.39 is 6.04 Å². The molecule has 3 N–H and O–H groups in total. The molecule has 3 aromatic carbocycles. The second-order valence-corrected chi connectivity index (χ2v) is 19.1. The maximum absolute atomic E-state index is 16.1. The third-order valence-electron chi connectivity index (χ3n) is 14.9. The smallest absolute Gasteiger partial charge is 0.257 e. The lowest BCUT2D eigenvalue weighted by Crippen LogP contribution is -2.48. The van der Waals surface area contributed by atoms with Gasteiger partial charge in [-0.05, 0) is 136 Å². The van der Waals surface area contributed by atoms with E-state index in [9.17, 15) is 19.2 Å². The number of fused-ring (bicyclic) bond motifs is 1. The topological polar surface area (TPSA) is 141 Å². The summed E-state index contributed by atoms with van der Waals surface area (Å²) in [4.78, 5) is 62.8. The van der Waals surface area contributed by atoms with Gasteiger partial charge in [-0.25, -0.2) is 4.39 Å². The van der Waals surface area contributed by atoms with Crippen molar-refractivity contribution in [3.05, 3.63) is 123 Å². The highest BCUT2D eigenvalue weighted by Crippen LogP contribution is 2.37. The van der Waals surface area contributed by atoms with Gasteiger partial charge in [-0.1, -0.05) is 6.08 Å². The summed E-state index contributed by atoms with van der Waals surface area (Å²) in [5.41, 5.74) is 9.20. The summed E-state index contributed by atoms with van der Waals surface area (Å²) in [6.45, 7) is 12.3. The molecule has 2 aromatic heterocycles. The van der Waals surface area contributed by atoms with E-state index in [1.807, 2.05) is 37.3 Å². The highest BCUT2D eigenvalue weighted by atomic mass is 19.1. The Morgan fingerprint density at radius 3 is 2.40 bits per heavy atom. The number of piperidine rings is 1. The van der Waals surface area contributed by atoms with Crippen molar-refractivity contribution < 1.29 is 23.5 Å². The van der Waals surface area contributed by atoms with E-state index in [0.717, 1.165) is 121 Å². The van der Waals surface area contributed by atoms with Crippen molar-refractivity contribution in [3.8, 4) is 11.4 Å². The largest absolute Gasteiger partial charge is 0.495 e. The molecule has 9 rings (SSSR count). The van der Waals surface area contributed by atoms with Crippen molar-refractivity contribution in [3.63, 3.8) is 0 Å². The van der Waals surface area contributed by atoms with E-state index in [2.05, 4.69) is 73.8 Å². The number of carbonyl (C=O) groups excluding carboxylic acids is 3. The Kier molecular flexibility index (Phi) is 13.8. The first-order valence-electron chi connectivity index (χ1n) is 24.2. The van der Waals surface area contributed by atoms with Crippen LogP contribution in [0.5, 0.6) is 5.75 Å². The molecule has 1 aliphatic carbocycles. The van der Waals surface area contributed by atoms with Crippen LogP contribution in [0.25, 0.3) is 22.2 Å². The van der Waals surface area contributed by atoms with Crippen molar-refractivity contribution in [2.45, 2.75) is 77.8 Å². The maximum Gasteiger partial charge on any atom is 0.257 e. The molecule has 0 radical (unpaired) electrons. The van der Waals surface area contributed by atoms with Crippen LogP contribution in [0.4, 0.5) is 21.5 Å². The van der Waals surface area contributed by atoms with Gasteiger partial charge in [0.25, 0.3) is 5.56 Å². The molecule has 5 heterocycles. The molecule has 0 bridgehead atoms. The Balaban J connectivity index is 0.772. The van der Waals surface area contributed by atoms with E-state index in [-0.39, 0.29) is 40.9 Å². The highest BCUT2D eigenvalue weighted by molar-refractivity contribution is 6.01. The quantitative estimate of drug-likeness (QED) is 0.0781. The molecule has 13 nitrogen and oxygen atoms in total. The van der Waals surface area contributed by atoms with Gasteiger partial charge in [-0.2, -0.15) is 0 Å². The minimum absolute atomic E-state index is 0.0564. The summed E-state index contributed by atoms with van der Waals surface area (Å²) in [5, 5.41) is 9.58. The number of aromatic nitrogens is 2. The molecular weight excluding hydrogens is 860 g/mol. The minimum Gasteiger partial charge on any atom is -0.495 e. The summed E-state index contributed by atoms with van der Waals surface area (Å²) >= 11 is 0. The number of carbonyl (C=O) groups is 3. The molecule has 14 heteroatoms. The number of halogens is 1. The highest BCUT2D eigenvalue weighted by Gasteiger charge is 2.32. The van der Waals surface area contributed by atoms with Crippen molar-refractivity contribution in [2.24, 2.45) is 11.8 Å². The Hall–Kier alpha value is -6.38. The molecule has 68 heavy (non-hydrogen) atoms. The van der Waals surface area contributed by atoms with Gasteiger partial charge in [0.1, 0.15) is 17.6 Å². The van der Waals surface area contributed by atoms with Crippen LogP contribution < -0.4 is 31.1 Å². The zero-order valence-corrected chi connectivity index (χ0v) is 39.9. The number of benzene rings is 3. The third kappa shape index (κ3) is 9.80. The fourth-order valence-electron chi connectivity index (χ4n) is 11.0. The SMILES string of the molecule is CNc1ccn(-c2ccnc3cc(C)c(C(C)N4CC=C(c5c(C)cc(C(=O)C6CCC(CN7CCN(c8ccc(N[C@@H]9CCC(=O)NC9=O)c(OC)c8)CC7)CC6)cc5F)CC4)cc23)c(=O)c1. The summed E-state index contributed by atoms with van der Waals surface area (Å²) in [6.07, 6.45) is 10.7. The molecule has 2 atom stereocenters. The van der Waals surface area contributed by atoms with Gasteiger partial charge in [0.2, 0.25) is 11.8 Å². The summed E-state index contributed by atoms with van der Waals surface area (Å²) in [6, 6.07) is 18.6. The van der Waals surface area contributed by atoms with Gasteiger partial charge in [-0.15, -0.1) is 0 Å². The van der Waals surface area contributed by atoms with Gasteiger partial charge in [0, 0.05) is 124 Å². The molecule has 2 amide bonds. The number of hydrogen-bond donors (Lipinski definition) is 3. The van der Waals surface area contributed by atoms with E-state index >= 15 is 4.39 Å². The van der Waals surface area contributed by atoms with E-state index in [1.165, 1.54) is 6.07 Å². The van der Waals surface area contributed by atoms with Crippen LogP contribution in [0.1, 0.15) is 90.5 Å². The first-order valence-corrected chi connectivity index (χ1v) is 24.2. The van der Waals surface area contributed by atoms with Gasteiger partial charge < -0.3 is 20.3 Å². The molecular formula is C54H63FN8O5. The van der Waals surface area contributed by atoms with Crippen molar-refractivity contribution >= 4 is 51.1 Å². The second kappa shape index (κ2) is 20.1.